The van der Waals surface area contributed by atoms with Gasteiger partial charge in [-0.3, -0.25) is 14.4 Å². The molecule has 4 rings (SSSR count). The maximum absolute atomic E-state index is 12.9. The van der Waals surface area contributed by atoms with E-state index < -0.39 is 0 Å². The Hall–Kier alpha value is -2.25. The van der Waals surface area contributed by atoms with Crippen molar-refractivity contribution >= 4 is 11.6 Å². The van der Waals surface area contributed by atoms with E-state index in [9.17, 15) is 4.79 Å². The van der Waals surface area contributed by atoms with E-state index in [0.29, 0.717) is 19.7 Å². The zero-order valence-corrected chi connectivity index (χ0v) is 14.3. The number of fused-ring (bicyclic) bond motifs is 1. The summed E-state index contributed by atoms with van der Waals surface area (Å²) in [7, 11) is 0. The van der Waals surface area contributed by atoms with E-state index in [0.717, 1.165) is 38.2 Å². The van der Waals surface area contributed by atoms with E-state index in [2.05, 4.69) is 27.1 Å². The zero-order chi connectivity index (χ0) is 17.1. The maximum Gasteiger partial charge on any atom is 0.241 e. The Labute approximate surface area is 147 Å². The molecule has 0 N–H and O–H groups in total. The average Bonchev–Trinajstić information content (AvgIpc) is 3.14. The van der Waals surface area contributed by atoms with Crippen LogP contribution in [0.2, 0.25) is 0 Å². The average molecular weight is 341 g/mol. The Bertz CT molecular complexity index is 718. The molecule has 3 heterocycles. The lowest BCUT2D eigenvalue weighted by Gasteiger charge is -2.35. The first-order valence-electron chi connectivity index (χ1n) is 8.84. The third kappa shape index (κ3) is 3.72. The highest BCUT2D eigenvalue weighted by Gasteiger charge is 2.27. The van der Waals surface area contributed by atoms with Crippen molar-refractivity contribution in [2.75, 3.05) is 37.7 Å². The SMILES string of the molecule is O=C(CN1CCO[C@@H](Cn2cncn2)C1)N1CCCc2ccccc21. The molecule has 1 atom stereocenters. The van der Waals surface area contributed by atoms with Gasteiger partial charge < -0.3 is 9.64 Å². The summed E-state index contributed by atoms with van der Waals surface area (Å²) < 4.78 is 7.58. The summed E-state index contributed by atoms with van der Waals surface area (Å²) in [4.78, 5) is 21.0. The second-order valence-corrected chi connectivity index (χ2v) is 6.62. The summed E-state index contributed by atoms with van der Waals surface area (Å²) in [5.41, 5.74) is 2.35. The Morgan fingerprint density at radius 2 is 2.20 bits per heavy atom. The van der Waals surface area contributed by atoms with E-state index in [1.54, 1.807) is 11.0 Å². The predicted octanol–water partition coefficient (Wildman–Crippen LogP) is 0.958. The molecule has 1 saturated heterocycles. The number of rotatable bonds is 4. The van der Waals surface area contributed by atoms with Crippen LogP contribution in [0.5, 0.6) is 0 Å². The number of amides is 1. The van der Waals surface area contributed by atoms with Crippen molar-refractivity contribution < 1.29 is 9.53 Å². The lowest BCUT2D eigenvalue weighted by Crippen LogP contribution is -2.49. The van der Waals surface area contributed by atoms with Crippen molar-refractivity contribution in [2.24, 2.45) is 0 Å². The molecule has 25 heavy (non-hydrogen) atoms. The number of carbonyl (C=O) groups excluding carboxylic acids is 1. The molecule has 7 heteroatoms. The van der Waals surface area contributed by atoms with Crippen LogP contribution < -0.4 is 4.90 Å². The van der Waals surface area contributed by atoms with Crippen molar-refractivity contribution in [2.45, 2.75) is 25.5 Å². The molecule has 1 aromatic heterocycles. The number of hydrogen-bond acceptors (Lipinski definition) is 5. The highest BCUT2D eigenvalue weighted by molar-refractivity contribution is 5.95. The molecule has 2 aliphatic heterocycles. The number of nitrogens with zero attached hydrogens (tertiary/aromatic N) is 5. The van der Waals surface area contributed by atoms with Crippen molar-refractivity contribution in [3.8, 4) is 0 Å². The standard InChI is InChI=1S/C18H23N5O2/c24-18(23-7-3-5-15-4-1-2-6-17(15)23)12-21-8-9-25-16(10-21)11-22-14-19-13-20-22/h1-2,4,6,13-14,16H,3,5,7-12H2/t16-/m1/s1. The molecule has 0 aliphatic carbocycles. The lowest BCUT2D eigenvalue weighted by molar-refractivity contribution is -0.122. The molecule has 0 radical (unpaired) electrons. The van der Waals surface area contributed by atoms with Gasteiger partial charge in [-0.05, 0) is 24.5 Å². The van der Waals surface area contributed by atoms with E-state index in [1.165, 1.54) is 11.9 Å². The molecular formula is C18H23N5O2. The molecule has 0 spiro atoms. The Balaban J connectivity index is 1.38. The molecule has 2 aromatic rings. The number of aryl methyl sites for hydroxylation is 1. The van der Waals surface area contributed by atoms with Gasteiger partial charge in [-0.25, -0.2) is 4.98 Å². The first-order chi connectivity index (χ1) is 12.3. The van der Waals surface area contributed by atoms with E-state index >= 15 is 0 Å². The van der Waals surface area contributed by atoms with Crippen LogP contribution >= 0.6 is 0 Å². The molecule has 0 bridgehead atoms. The number of aromatic nitrogens is 3. The summed E-state index contributed by atoms with van der Waals surface area (Å²) in [5.74, 6) is 0.175. The molecule has 0 unspecified atom stereocenters. The van der Waals surface area contributed by atoms with E-state index in [1.807, 2.05) is 17.0 Å². The second kappa shape index (κ2) is 7.33. The summed E-state index contributed by atoms with van der Waals surface area (Å²) in [6, 6.07) is 8.23. The normalized spacial score (nSPS) is 21.1. The maximum atomic E-state index is 12.9. The van der Waals surface area contributed by atoms with Gasteiger partial charge in [0.05, 0.1) is 25.8 Å². The Morgan fingerprint density at radius 1 is 1.28 bits per heavy atom. The van der Waals surface area contributed by atoms with Gasteiger partial charge in [0.2, 0.25) is 5.91 Å². The van der Waals surface area contributed by atoms with E-state index in [4.69, 9.17) is 4.74 Å². The van der Waals surface area contributed by atoms with Gasteiger partial charge in [-0.1, -0.05) is 18.2 Å². The van der Waals surface area contributed by atoms with Crippen molar-refractivity contribution in [3.63, 3.8) is 0 Å². The third-order valence-corrected chi connectivity index (χ3v) is 4.85. The van der Waals surface area contributed by atoms with Gasteiger partial charge in [0.1, 0.15) is 12.7 Å². The predicted molar refractivity (Wildman–Crippen MR) is 93.3 cm³/mol. The smallest absolute Gasteiger partial charge is 0.241 e. The van der Waals surface area contributed by atoms with E-state index in [-0.39, 0.29) is 12.0 Å². The van der Waals surface area contributed by atoms with Crippen LogP contribution in [-0.2, 0) is 22.5 Å². The number of carbonyl (C=O) groups is 1. The molecule has 7 nitrogen and oxygen atoms in total. The molecule has 1 amide bonds. The molecular weight excluding hydrogens is 318 g/mol. The topological polar surface area (TPSA) is 63.5 Å². The van der Waals surface area contributed by atoms with Gasteiger partial charge in [-0.15, -0.1) is 0 Å². The first-order valence-corrected chi connectivity index (χ1v) is 8.84. The highest BCUT2D eigenvalue weighted by Crippen LogP contribution is 2.26. The Kier molecular flexibility index (Phi) is 4.76. The quantitative estimate of drug-likeness (QED) is 0.829. The van der Waals surface area contributed by atoms with Crippen molar-refractivity contribution in [1.82, 2.24) is 19.7 Å². The number of para-hydroxylation sites is 1. The van der Waals surface area contributed by atoms with Crippen LogP contribution in [-0.4, -0.2) is 64.5 Å². The largest absolute Gasteiger partial charge is 0.374 e. The molecule has 1 aromatic carbocycles. The fraction of sp³-hybridized carbons (Fsp3) is 0.500. The molecule has 2 aliphatic rings. The van der Waals surface area contributed by atoms with Gasteiger partial charge in [-0.2, -0.15) is 5.10 Å². The number of hydrogen-bond donors (Lipinski definition) is 0. The van der Waals surface area contributed by atoms with Crippen molar-refractivity contribution in [1.29, 1.82) is 0 Å². The molecule has 1 fully saturated rings. The van der Waals surface area contributed by atoms with Gasteiger partial charge in [0.25, 0.3) is 0 Å². The van der Waals surface area contributed by atoms with Crippen LogP contribution in [0.25, 0.3) is 0 Å². The van der Waals surface area contributed by atoms with Crippen molar-refractivity contribution in [3.05, 3.63) is 42.5 Å². The minimum Gasteiger partial charge on any atom is -0.374 e. The number of morpholine rings is 1. The van der Waals surface area contributed by atoms with Crippen LogP contribution in [0.15, 0.2) is 36.9 Å². The zero-order valence-electron chi connectivity index (χ0n) is 14.3. The monoisotopic (exact) mass is 341 g/mol. The summed E-state index contributed by atoms with van der Waals surface area (Å²) in [6.07, 6.45) is 5.34. The van der Waals surface area contributed by atoms with Gasteiger partial charge >= 0.3 is 0 Å². The van der Waals surface area contributed by atoms with Crippen LogP contribution in [0.1, 0.15) is 12.0 Å². The second-order valence-electron chi connectivity index (χ2n) is 6.62. The molecule has 132 valence electrons. The third-order valence-electron chi connectivity index (χ3n) is 4.85. The summed E-state index contributed by atoms with van der Waals surface area (Å²) in [6.45, 7) is 4.07. The van der Waals surface area contributed by atoms with Gasteiger partial charge in [0.15, 0.2) is 0 Å². The summed E-state index contributed by atoms with van der Waals surface area (Å²) in [5, 5.41) is 4.13. The highest BCUT2D eigenvalue weighted by atomic mass is 16.5. The number of ether oxygens (including phenoxy) is 1. The fourth-order valence-corrected chi connectivity index (χ4v) is 3.64. The van der Waals surface area contributed by atoms with Crippen LogP contribution in [0, 0.1) is 0 Å². The van der Waals surface area contributed by atoms with Gasteiger partial charge in [0, 0.05) is 25.3 Å². The fourth-order valence-electron chi connectivity index (χ4n) is 3.64. The van der Waals surface area contributed by atoms with Crippen LogP contribution in [0.4, 0.5) is 5.69 Å². The number of benzene rings is 1. The lowest BCUT2D eigenvalue weighted by atomic mass is 10.0. The number of anilines is 1. The van der Waals surface area contributed by atoms with Crippen LogP contribution in [0.3, 0.4) is 0 Å². The minimum atomic E-state index is 0.0388. The minimum absolute atomic E-state index is 0.0388. The summed E-state index contributed by atoms with van der Waals surface area (Å²) >= 11 is 0. The molecule has 0 saturated carbocycles. The Morgan fingerprint density at radius 3 is 3.08 bits per heavy atom. The first kappa shape index (κ1) is 16.2.